The molecule has 8 atom stereocenters. The number of halogens is 2. The first-order valence-electron chi connectivity index (χ1n) is 32.1. The minimum absolute atomic E-state index is 0.0143. The highest BCUT2D eigenvalue weighted by atomic mass is 35.5. The number of phenolic OH excluding ortho intramolecular Hbond substituents is 6. The Morgan fingerprint density at radius 3 is 1.75 bits per heavy atom. The van der Waals surface area contributed by atoms with E-state index in [1.165, 1.54) is 48.5 Å². The lowest BCUT2D eigenvalue weighted by Crippen LogP contribution is -2.55. The summed E-state index contributed by atoms with van der Waals surface area (Å²) in [5.41, 5.74) is -2.35. The summed E-state index contributed by atoms with van der Waals surface area (Å²) < 4.78 is 18.7. The first-order chi connectivity index (χ1) is 50.3. The molecule has 17 bridgehead atoms. The lowest BCUT2D eigenvalue weighted by molar-refractivity contribution is -0.143. The van der Waals surface area contributed by atoms with E-state index in [2.05, 4.69) is 42.5 Å². The number of aliphatic hydroxyl groups is 1. The maximum atomic E-state index is 16.0. The topological polar surface area (TPSA) is 439 Å². The molecule has 16 rings (SSSR count). The van der Waals surface area contributed by atoms with Crippen molar-refractivity contribution in [1.29, 1.82) is 0 Å². The Balaban J connectivity index is 0.901. The first-order valence-corrected chi connectivity index (χ1v) is 32.8. The zero-order chi connectivity index (χ0) is 74.0. The third-order valence-corrected chi connectivity index (χ3v) is 18.7. The number of hydrogen-bond acceptors (Lipinski definition) is 21. The molecular weight excluding hydrogens is 1400 g/mol. The van der Waals surface area contributed by atoms with Crippen molar-refractivity contribution in [2.24, 2.45) is 0 Å². The van der Waals surface area contributed by atoms with Crippen LogP contribution < -0.4 is 67.6 Å². The summed E-state index contributed by atoms with van der Waals surface area (Å²) in [5.74, 6) is -16.0. The smallest absolute Gasteiger partial charge is 0.330 e. The number of rotatable bonds is 7. The van der Waals surface area contributed by atoms with Gasteiger partial charge in [-0.1, -0.05) is 102 Å². The summed E-state index contributed by atoms with van der Waals surface area (Å²) in [6.45, 7) is 0.0390. The van der Waals surface area contributed by atoms with Crippen LogP contribution in [-0.2, 0) is 46.5 Å². The van der Waals surface area contributed by atoms with Gasteiger partial charge in [-0.3, -0.25) is 38.4 Å². The van der Waals surface area contributed by atoms with E-state index in [0.29, 0.717) is 5.56 Å². The maximum Gasteiger partial charge on any atom is 0.330 e. The number of phenols is 6. The molecule has 105 heavy (non-hydrogen) atoms. The molecule has 28 nitrogen and oxygen atoms in total. The van der Waals surface area contributed by atoms with Gasteiger partial charge in [0.2, 0.25) is 41.2 Å². The summed E-state index contributed by atoms with van der Waals surface area (Å²) >= 11 is 13.9. The lowest BCUT2D eigenvalue weighted by atomic mass is 9.89. The van der Waals surface area contributed by atoms with E-state index >= 15 is 24.0 Å². The van der Waals surface area contributed by atoms with Crippen LogP contribution in [0.4, 0.5) is 11.4 Å². The number of ether oxygens (including phenoxy) is 3. The minimum atomic E-state index is -2.24. The number of benzene rings is 9. The number of carbonyl (C=O) groups excluding carboxylic acids is 6. The Morgan fingerprint density at radius 2 is 1.07 bits per heavy atom. The second-order valence-electron chi connectivity index (χ2n) is 25.0. The number of aromatic hydroxyl groups is 6. The number of carboxylic acid groups (broad SMARTS) is 1. The molecule has 30 heteroatoms. The number of amides is 6. The summed E-state index contributed by atoms with van der Waals surface area (Å²) in [4.78, 5) is 133. The van der Waals surface area contributed by atoms with Gasteiger partial charge in [0.1, 0.15) is 94.0 Å². The van der Waals surface area contributed by atoms with Crippen molar-refractivity contribution in [3.63, 3.8) is 0 Å². The number of carboxylic acids is 1. The Hall–Kier alpha value is -13.3. The van der Waals surface area contributed by atoms with E-state index in [-0.39, 0.29) is 84.3 Å². The van der Waals surface area contributed by atoms with Crippen molar-refractivity contribution < 1.29 is 88.6 Å². The molecule has 0 spiro atoms. The molecule has 530 valence electrons. The molecule has 6 amide bonds. The molecule has 0 unspecified atom stereocenters. The molecule has 0 radical (unpaired) electrons. The molecule has 0 aliphatic carbocycles. The van der Waals surface area contributed by atoms with Crippen LogP contribution in [0.3, 0.4) is 0 Å². The van der Waals surface area contributed by atoms with Crippen molar-refractivity contribution in [1.82, 2.24) is 31.9 Å². The lowest BCUT2D eigenvalue weighted by Gasteiger charge is -2.31. The largest absolute Gasteiger partial charge is 0.508 e. The van der Waals surface area contributed by atoms with Gasteiger partial charge >= 0.3 is 5.97 Å². The van der Waals surface area contributed by atoms with Gasteiger partial charge in [0.05, 0.1) is 10.0 Å². The van der Waals surface area contributed by atoms with Gasteiger partial charge in [-0.05, 0) is 129 Å². The quantitative estimate of drug-likeness (QED) is 0.0671. The summed E-state index contributed by atoms with van der Waals surface area (Å²) in [6.07, 6.45) is -2.64. The number of fused-ring (bicyclic) bond motifs is 14. The Bertz CT molecular complexity index is 5380. The number of anilines is 2. The van der Waals surface area contributed by atoms with Gasteiger partial charge in [0.25, 0.3) is 10.9 Å². The normalized spacial score (nSPS) is 20.0. The predicted octanol–water partition coefficient (Wildman–Crippen LogP) is 8.01. The molecule has 16 N–H and O–H groups in total. The number of nitrogens with one attached hydrogen (secondary N) is 8. The third-order valence-electron chi connectivity index (χ3n) is 18.1. The zero-order valence-corrected chi connectivity index (χ0v) is 55.4. The molecule has 10 aromatic rings. The van der Waals surface area contributed by atoms with Crippen molar-refractivity contribution in [3.8, 4) is 91.2 Å². The van der Waals surface area contributed by atoms with Gasteiger partial charge in [0, 0.05) is 41.8 Å². The fourth-order valence-electron chi connectivity index (χ4n) is 12.8. The van der Waals surface area contributed by atoms with Gasteiger partial charge in [-0.2, -0.15) is 0 Å². The summed E-state index contributed by atoms with van der Waals surface area (Å²) in [5, 5.41) is 112. The van der Waals surface area contributed by atoms with Crippen molar-refractivity contribution in [2.45, 2.75) is 61.4 Å². The van der Waals surface area contributed by atoms with Crippen LogP contribution in [0.25, 0.3) is 22.3 Å². The Labute approximate surface area is 601 Å². The fourth-order valence-corrected chi connectivity index (χ4v) is 13.3. The minimum Gasteiger partial charge on any atom is -0.508 e. The van der Waals surface area contributed by atoms with Gasteiger partial charge < -0.3 is 97.6 Å². The van der Waals surface area contributed by atoms with Crippen LogP contribution in [0.15, 0.2) is 179 Å². The van der Waals surface area contributed by atoms with Crippen molar-refractivity contribution in [2.75, 3.05) is 10.6 Å². The van der Waals surface area contributed by atoms with E-state index in [9.17, 15) is 60.0 Å². The van der Waals surface area contributed by atoms with E-state index in [1.54, 1.807) is 0 Å². The van der Waals surface area contributed by atoms with Gasteiger partial charge in [-0.25, -0.2) is 4.79 Å². The van der Waals surface area contributed by atoms with Crippen LogP contribution >= 0.6 is 23.2 Å². The number of hydrogen-bond donors (Lipinski definition) is 16. The number of aliphatic carboxylic acids is 1. The monoisotopic (exact) mass is 1460 g/mol. The zero-order valence-electron chi connectivity index (χ0n) is 53.9. The van der Waals surface area contributed by atoms with Crippen LogP contribution in [0.5, 0.6) is 69.0 Å². The Morgan fingerprint density at radius 1 is 0.476 bits per heavy atom. The molecule has 6 aliphatic heterocycles. The van der Waals surface area contributed by atoms with Crippen LogP contribution in [0, 0.1) is 0 Å². The van der Waals surface area contributed by atoms with E-state index in [1.807, 2.05) is 54.6 Å². The highest BCUT2D eigenvalue weighted by Gasteiger charge is 2.42. The molecule has 0 saturated heterocycles. The highest BCUT2D eigenvalue weighted by Crippen LogP contribution is 2.48. The fraction of sp³-hybridized carbons (Fsp3) is 0.133. The number of aliphatic hydroxyl groups excluding tert-OH is 1. The number of carbonyl (C=O) groups is 7. The molecule has 0 saturated carbocycles. The van der Waals surface area contributed by atoms with Gasteiger partial charge in [0.15, 0.2) is 29.0 Å². The molecule has 6 heterocycles. The highest BCUT2D eigenvalue weighted by molar-refractivity contribution is 6.32. The summed E-state index contributed by atoms with van der Waals surface area (Å²) in [6, 6.07) is 23.9. The molecule has 0 fully saturated rings. The average Bonchev–Trinajstić information content (AvgIpc) is 0.772. The van der Waals surface area contributed by atoms with E-state index in [4.69, 9.17) is 37.4 Å². The van der Waals surface area contributed by atoms with Crippen molar-refractivity contribution in [3.05, 3.63) is 245 Å². The molecular formula is C75H56Cl2N8O20. The maximum absolute atomic E-state index is 16.0. The predicted molar refractivity (Wildman–Crippen MR) is 375 cm³/mol. The second-order valence-corrected chi connectivity index (χ2v) is 25.8. The SMILES string of the molecule is O=C1N[C@H]2C(=O)N[C@H]3C(=O)N[C@H](C(=O)N[C@@H](C(=O)O)c4cc(O)cc(O)c4-c4cc3ccc4O)[C@H](O)c3ccc(c(Cl)c3)Oc3cc2cc(c3O)Oc2ccc(cc2Cl)C[C@H]2NC(=O)[C@H](Nc3c(NCc4ccc(-c5ccccc5)cc4)c(=O)c3=O)c3ccc(O)c(c3)Oc3cc(O)cc(c3)[C@@H]1NC2=O. The van der Waals surface area contributed by atoms with Crippen LogP contribution in [0.2, 0.25) is 10.0 Å². The molecule has 10 aromatic carbocycles. The summed E-state index contributed by atoms with van der Waals surface area (Å²) in [7, 11) is 0. The first kappa shape index (κ1) is 68.8. The average molecular weight is 1460 g/mol. The van der Waals surface area contributed by atoms with Crippen molar-refractivity contribution >= 4 is 76.0 Å². The van der Waals surface area contributed by atoms with E-state index in [0.717, 1.165) is 77.9 Å². The van der Waals surface area contributed by atoms with Crippen LogP contribution in [-0.4, -0.2) is 94.3 Å². The Kier molecular flexibility index (Phi) is 18.1. The molecule has 6 aliphatic rings. The third kappa shape index (κ3) is 13.5. The standard InChI is InChI=1S/C75H56Cl2N8O20/c76-45-18-32-8-16-51(45)104-54-25-39-26-55(66(54)92)105-52-17-13-37(23-46(52)77)65(91)64-74(100)84-61(75(101)102)44-28-41(87)29-50(90)56(44)43-22-35(11-14-48(43)88)58(71(97)85-64)82-73(99)60(39)83-72(98)59-38-20-40(86)27-42(21-38)103-53-24-36(12-15-49(53)89)57(70(96)79-47(19-32)69(95)81-59)80-63-62(67(93)68(63)94)78-30-31-6-9-34(10-7-31)33-4-2-1-3-5-33/h1-18,20-29,47,57-61,64-65,78,80,86-92H,19,30H2,(H,79,96)(H,81,95)(H,82,99)(H,83,98)(H,84,100)(H,85,97)(H,101,102)/t47-,57-,58-,59+,60-,61-,64+,65-/m1/s1. The van der Waals surface area contributed by atoms with Gasteiger partial charge in [-0.15, -0.1) is 0 Å². The molecule has 0 aromatic heterocycles. The van der Waals surface area contributed by atoms with E-state index < -0.39 is 170 Å². The second kappa shape index (κ2) is 27.6. The van der Waals surface area contributed by atoms with Crippen LogP contribution in [0.1, 0.15) is 80.8 Å².